The van der Waals surface area contributed by atoms with Gasteiger partial charge in [-0.25, -0.2) is 0 Å². The van der Waals surface area contributed by atoms with Crippen LogP contribution in [0.1, 0.15) is 36.0 Å². The lowest BCUT2D eigenvalue weighted by atomic mass is 10.0. The van der Waals surface area contributed by atoms with E-state index < -0.39 is 0 Å². The third kappa shape index (κ3) is 3.15. The van der Waals surface area contributed by atoms with E-state index in [-0.39, 0.29) is 5.91 Å². The molecule has 1 aromatic rings. The van der Waals surface area contributed by atoms with E-state index in [4.69, 9.17) is 9.47 Å². The molecule has 0 aromatic heterocycles. The van der Waals surface area contributed by atoms with Crippen LogP contribution in [0.25, 0.3) is 0 Å². The molecule has 0 bridgehead atoms. The molecular formula is C18H26N2O3. The Labute approximate surface area is 138 Å². The summed E-state index contributed by atoms with van der Waals surface area (Å²) in [5, 5.41) is 0. The second-order valence-corrected chi connectivity index (χ2v) is 6.50. The standard InChI is InChI=1S/C18H26N2O3/c1-19-8-4-6-16(19)17-7-5-9-20(17)18(21)13-10-14(22-2)12-15(11-13)23-3/h10-12,16-17H,4-9H2,1-3H3/t16-,17+/m0/s1. The first-order chi connectivity index (χ1) is 11.1. The highest BCUT2D eigenvalue weighted by molar-refractivity contribution is 5.95. The van der Waals surface area contributed by atoms with Gasteiger partial charge in [-0.2, -0.15) is 0 Å². The van der Waals surface area contributed by atoms with E-state index >= 15 is 0 Å². The summed E-state index contributed by atoms with van der Waals surface area (Å²) in [7, 11) is 5.39. The predicted molar refractivity (Wildman–Crippen MR) is 89.3 cm³/mol. The second-order valence-electron chi connectivity index (χ2n) is 6.50. The number of hydrogen-bond donors (Lipinski definition) is 0. The summed E-state index contributed by atoms with van der Waals surface area (Å²) < 4.78 is 10.6. The maximum absolute atomic E-state index is 13.1. The van der Waals surface area contributed by atoms with Crippen LogP contribution >= 0.6 is 0 Å². The van der Waals surface area contributed by atoms with Crippen molar-refractivity contribution in [1.29, 1.82) is 0 Å². The van der Waals surface area contributed by atoms with Gasteiger partial charge in [-0.15, -0.1) is 0 Å². The highest BCUT2D eigenvalue weighted by Crippen LogP contribution is 2.31. The van der Waals surface area contributed by atoms with Gasteiger partial charge in [0.05, 0.1) is 14.2 Å². The zero-order valence-electron chi connectivity index (χ0n) is 14.2. The number of benzene rings is 1. The van der Waals surface area contributed by atoms with Gasteiger partial charge >= 0.3 is 0 Å². The minimum atomic E-state index is 0.0880. The maximum Gasteiger partial charge on any atom is 0.254 e. The number of carbonyl (C=O) groups excluding carboxylic acids is 1. The fraction of sp³-hybridized carbons (Fsp3) is 0.611. The quantitative estimate of drug-likeness (QED) is 0.855. The van der Waals surface area contributed by atoms with E-state index in [2.05, 4.69) is 16.8 Å². The monoisotopic (exact) mass is 318 g/mol. The number of nitrogens with zero attached hydrogens (tertiary/aromatic N) is 2. The third-order valence-electron chi connectivity index (χ3n) is 5.18. The van der Waals surface area contributed by atoms with E-state index in [0.29, 0.717) is 29.1 Å². The number of amides is 1. The second kappa shape index (κ2) is 6.79. The van der Waals surface area contributed by atoms with E-state index in [1.807, 2.05) is 0 Å². The summed E-state index contributed by atoms with van der Waals surface area (Å²) in [5.41, 5.74) is 0.647. The molecule has 2 atom stereocenters. The van der Waals surface area contributed by atoms with E-state index in [1.165, 1.54) is 12.8 Å². The van der Waals surface area contributed by atoms with E-state index in [9.17, 15) is 4.79 Å². The van der Waals surface area contributed by atoms with Gasteiger partial charge in [0, 0.05) is 30.3 Å². The lowest BCUT2D eigenvalue weighted by molar-refractivity contribution is 0.0663. The van der Waals surface area contributed by atoms with Gasteiger partial charge in [0.1, 0.15) is 11.5 Å². The van der Waals surface area contributed by atoms with Gasteiger partial charge in [-0.05, 0) is 51.4 Å². The largest absolute Gasteiger partial charge is 0.497 e. The molecule has 5 heteroatoms. The summed E-state index contributed by atoms with van der Waals surface area (Å²) in [6, 6.07) is 6.22. The van der Waals surface area contributed by atoms with E-state index in [1.54, 1.807) is 32.4 Å². The number of hydrogen-bond acceptors (Lipinski definition) is 4. The Morgan fingerprint density at radius 1 is 1.00 bits per heavy atom. The molecule has 2 heterocycles. The average molecular weight is 318 g/mol. The first-order valence-corrected chi connectivity index (χ1v) is 8.38. The molecule has 2 aliphatic heterocycles. The van der Waals surface area contributed by atoms with Crippen LogP contribution in [0.2, 0.25) is 0 Å². The Bertz CT molecular complexity index is 553. The van der Waals surface area contributed by atoms with Crippen LogP contribution in [-0.4, -0.2) is 62.1 Å². The lowest BCUT2D eigenvalue weighted by Gasteiger charge is -2.33. The summed E-state index contributed by atoms with van der Waals surface area (Å²) in [6.45, 7) is 1.98. The molecule has 2 aliphatic rings. The fourth-order valence-electron chi connectivity index (χ4n) is 3.96. The number of likely N-dealkylation sites (tertiary alicyclic amines) is 2. The van der Waals surface area contributed by atoms with Crippen LogP contribution in [0.15, 0.2) is 18.2 Å². The van der Waals surface area contributed by atoms with Crippen LogP contribution in [0.5, 0.6) is 11.5 Å². The Balaban J connectivity index is 1.84. The average Bonchev–Trinajstić information content (AvgIpc) is 3.21. The normalized spacial score (nSPS) is 24.9. The summed E-state index contributed by atoms with van der Waals surface area (Å²) >= 11 is 0. The van der Waals surface area contributed by atoms with Crippen molar-refractivity contribution in [2.45, 2.75) is 37.8 Å². The van der Waals surface area contributed by atoms with Gasteiger partial charge in [0.2, 0.25) is 0 Å². The van der Waals surface area contributed by atoms with Crippen molar-refractivity contribution >= 4 is 5.91 Å². The molecule has 2 saturated heterocycles. The molecule has 0 saturated carbocycles. The van der Waals surface area contributed by atoms with Crippen LogP contribution < -0.4 is 9.47 Å². The number of likely N-dealkylation sites (N-methyl/N-ethyl adjacent to an activating group) is 1. The van der Waals surface area contributed by atoms with Crippen molar-refractivity contribution in [3.63, 3.8) is 0 Å². The van der Waals surface area contributed by atoms with Crippen molar-refractivity contribution in [2.75, 3.05) is 34.4 Å². The van der Waals surface area contributed by atoms with Crippen molar-refractivity contribution in [2.24, 2.45) is 0 Å². The minimum absolute atomic E-state index is 0.0880. The predicted octanol–water partition coefficient (Wildman–Crippen LogP) is 2.40. The first kappa shape index (κ1) is 16.1. The van der Waals surface area contributed by atoms with Gasteiger partial charge < -0.3 is 19.3 Å². The minimum Gasteiger partial charge on any atom is -0.497 e. The van der Waals surface area contributed by atoms with E-state index in [0.717, 1.165) is 25.9 Å². The van der Waals surface area contributed by atoms with Crippen molar-refractivity contribution in [3.05, 3.63) is 23.8 Å². The van der Waals surface area contributed by atoms with Gasteiger partial charge in [0.25, 0.3) is 5.91 Å². The summed E-state index contributed by atoms with van der Waals surface area (Å²) in [6.07, 6.45) is 4.60. The number of carbonyl (C=O) groups is 1. The van der Waals surface area contributed by atoms with Crippen LogP contribution in [-0.2, 0) is 0 Å². The van der Waals surface area contributed by atoms with Gasteiger partial charge in [-0.3, -0.25) is 4.79 Å². The molecule has 0 spiro atoms. The zero-order chi connectivity index (χ0) is 16.4. The molecule has 0 aliphatic carbocycles. The molecule has 23 heavy (non-hydrogen) atoms. The number of methoxy groups -OCH3 is 2. The third-order valence-corrected chi connectivity index (χ3v) is 5.18. The molecule has 1 amide bonds. The van der Waals surface area contributed by atoms with Crippen LogP contribution in [0, 0.1) is 0 Å². The lowest BCUT2D eigenvalue weighted by Crippen LogP contribution is -2.47. The molecule has 0 N–H and O–H groups in total. The summed E-state index contributed by atoms with van der Waals surface area (Å²) in [5.74, 6) is 1.40. The fourth-order valence-corrected chi connectivity index (χ4v) is 3.96. The molecule has 2 fully saturated rings. The Morgan fingerprint density at radius 2 is 1.61 bits per heavy atom. The topological polar surface area (TPSA) is 42.0 Å². The Morgan fingerprint density at radius 3 is 2.17 bits per heavy atom. The maximum atomic E-state index is 13.1. The highest BCUT2D eigenvalue weighted by atomic mass is 16.5. The number of ether oxygens (including phenoxy) is 2. The zero-order valence-corrected chi connectivity index (χ0v) is 14.2. The Kier molecular flexibility index (Phi) is 4.76. The molecule has 126 valence electrons. The summed E-state index contributed by atoms with van der Waals surface area (Å²) in [4.78, 5) is 17.5. The molecule has 5 nitrogen and oxygen atoms in total. The van der Waals surface area contributed by atoms with Gasteiger partial charge in [0.15, 0.2) is 0 Å². The molecule has 0 unspecified atom stereocenters. The first-order valence-electron chi connectivity index (χ1n) is 8.38. The van der Waals surface area contributed by atoms with Gasteiger partial charge in [-0.1, -0.05) is 0 Å². The van der Waals surface area contributed by atoms with Crippen LogP contribution in [0.3, 0.4) is 0 Å². The molecular weight excluding hydrogens is 292 g/mol. The van der Waals surface area contributed by atoms with Crippen molar-refractivity contribution in [1.82, 2.24) is 9.80 Å². The smallest absolute Gasteiger partial charge is 0.254 e. The van der Waals surface area contributed by atoms with Crippen molar-refractivity contribution < 1.29 is 14.3 Å². The molecule has 3 rings (SSSR count). The SMILES string of the molecule is COc1cc(OC)cc(C(=O)N2CCC[C@@H]2[C@@H]2CCCN2C)c1. The number of rotatable bonds is 4. The van der Waals surface area contributed by atoms with Crippen molar-refractivity contribution in [3.8, 4) is 11.5 Å². The van der Waals surface area contributed by atoms with Crippen LogP contribution in [0.4, 0.5) is 0 Å². The highest BCUT2D eigenvalue weighted by Gasteiger charge is 2.38. The Hall–Kier alpha value is -1.75. The molecule has 1 aromatic carbocycles. The molecule has 0 radical (unpaired) electrons.